The largest absolute Gasteiger partial charge is 0.392 e. The molecule has 0 aromatic carbocycles. The van der Waals surface area contributed by atoms with E-state index >= 15 is 0 Å². The first-order valence-corrected chi connectivity index (χ1v) is 12.0. The Hall–Kier alpha value is -0.500. The van der Waals surface area contributed by atoms with Crippen LogP contribution < -0.4 is 0 Å². The maximum atomic E-state index is 10.5. The quantitative estimate of drug-likeness (QED) is 0.374. The molecule has 0 aromatic heterocycles. The van der Waals surface area contributed by atoms with Crippen LogP contribution in [-0.4, -0.2) is 63.8 Å². The molecule has 1 aliphatic heterocycles. The molecule has 8 atom stereocenters. The van der Waals surface area contributed by atoms with Gasteiger partial charge in [0.25, 0.3) is 0 Å². The van der Waals surface area contributed by atoms with Gasteiger partial charge in [0.05, 0.1) is 18.8 Å². The van der Waals surface area contributed by atoms with Gasteiger partial charge >= 0.3 is 0 Å². The monoisotopic (exact) mass is 440 g/mol. The van der Waals surface area contributed by atoms with Crippen molar-refractivity contribution in [2.24, 2.45) is 22.7 Å². The SMILES string of the molecule is C/C(=C\CO)CC[C@H]1[C@@]2(C)CCCC(C)(C)[C@H]2CC[C@]1(C)O[C@H]1OC[C@H](O)[C@H](O)[C@@H]1O. The number of aliphatic hydroxyl groups is 4. The summed E-state index contributed by atoms with van der Waals surface area (Å²) < 4.78 is 12.2. The molecule has 1 saturated heterocycles. The van der Waals surface area contributed by atoms with Crippen LogP contribution in [-0.2, 0) is 9.47 Å². The molecule has 31 heavy (non-hydrogen) atoms. The lowest BCUT2D eigenvalue weighted by Gasteiger charge is -2.63. The van der Waals surface area contributed by atoms with E-state index in [4.69, 9.17) is 9.47 Å². The van der Waals surface area contributed by atoms with Crippen molar-refractivity contribution < 1.29 is 29.9 Å². The molecule has 2 aliphatic carbocycles. The lowest BCUT2D eigenvalue weighted by molar-refractivity contribution is -0.323. The highest BCUT2D eigenvalue weighted by molar-refractivity contribution is 5.10. The number of hydrogen-bond acceptors (Lipinski definition) is 6. The summed E-state index contributed by atoms with van der Waals surface area (Å²) in [5.41, 5.74) is 1.06. The van der Waals surface area contributed by atoms with Crippen molar-refractivity contribution >= 4 is 0 Å². The van der Waals surface area contributed by atoms with Crippen LogP contribution >= 0.6 is 0 Å². The van der Waals surface area contributed by atoms with Crippen LogP contribution in [0.15, 0.2) is 11.6 Å². The van der Waals surface area contributed by atoms with Crippen molar-refractivity contribution in [3.05, 3.63) is 11.6 Å². The topological polar surface area (TPSA) is 99.4 Å². The second-order valence-corrected chi connectivity index (χ2v) is 11.4. The van der Waals surface area contributed by atoms with Crippen molar-refractivity contribution in [1.82, 2.24) is 0 Å². The van der Waals surface area contributed by atoms with Gasteiger partial charge in [-0.3, -0.25) is 0 Å². The van der Waals surface area contributed by atoms with Crippen LogP contribution in [0.2, 0.25) is 0 Å². The number of fused-ring (bicyclic) bond motifs is 1. The third-order valence-electron chi connectivity index (χ3n) is 8.85. The molecule has 6 heteroatoms. The number of ether oxygens (including phenoxy) is 2. The van der Waals surface area contributed by atoms with Crippen molar-refractivity contribution in [3.63, 3.8) is 0 Å². The van der Waals surface area contributed by atoms with E-state index in [0.29, 0.717) is 5.92 Å². The molecule has 3 rings (SSSR count). The second-order valence-electron chi connectivity index (χ2n) is 11.4. The summed E-state index contributed by atoms with van der Waals surface area (Å²) in [4.78, 5) is 0. The van der Waals surface area contributed by atoms with E-state index in [-0.39, 0.29) is 30.0 Å². The van der Waals surface area contributed by atoms with Gasteiger partial charge in [-0.25, -0.2) is 0 Å². The highest BCUT2D eigenvalue weighted by Crippen LogP contribution is 2.64. The third kappa shape index (κ3) is 4.90. The summed E-state index contributed by atoms with van der Waals surface area (Å²) in [5, 5.41) is 39.8. The summed E-state index contributed by atoms with van der Waals surface area (Å²) in [6.45, 7) is 11.4. The van der Waals surface area contributed by atoms with Gasteiger partial charge in [0.2, 0.25) is 0 Å². The van der Waals surface area contributed by atoms with Gasteiger partial charge in [-0.1, -0.05) is 38.8 Å². The van der Waals surface area contributed by atoms with Crippen LogP contribution in [0.3, 0.4) is 0 Å². The van der Waals surface area contributed by atoms with Gasteiger partial charge in [0.15, 0.2) is 6.29 Å². The summed E-state index contributed by atoms with van der Waals surface area (Å²) in [5.74, 6) is 0.849. The fourth-order valence-electron chi connectivity index (χ4n) is 7.16. The van der Waals surface area contributed by atoms with Crippen LogP contribution in [0.1, 0.15) is 79.6 Å². The van der Waals surface area contributed by atoms with E-state index in [9.17, 15) is 20.4 Å². The van der Waals surface area contributed by atoms with E-state index < -0.39 is 30.2 Å². The van der Waals surface area contributed by atoms with E-state index in [2.05, 4.69) is 34.6 Å². The molecular weight excluding hydrogens is 396 g/mol. The zero-order valence-electron chi connectivity index (χ0n) is 20.0. The molecule has 3 fully saturated rings. The fourth-order valence-corrected chi connectivity index (χ4v) is 7.16. The van der Waals surface area contributed by atoms with Gasteiger partial charge in [-0.05, 0) is 75.0 Å². The summed E-state index contributed by atoms with van der Waals surface area (Å²) in [6, 6.07) is 0. The summed E-state index contributed by atoms with van der Waals surface area (Å²) >= 11 is 0. The van der Waals surface area contributed by atoms with Crippen LogP contribution in [0, 0.1) is 22.7 Å². The Morgan fingerprint density at radius 1 is 1.06 bits per heavy atom. The molecule has 0 spiro atoms. The summed E-state index contributed by atoms with van der Waals surface area (Å²) in [7, 11) is 0. The van der Waals surface area contributed by atoms with Crippen LogP contribution in [0.4, 0.5) is 0 Å². The first kappa shape index (κ1) is 25.1. The Balaban J connectivity index is 1.89. The van der Waals surface area contributed by atoms with Gasteiger partial charge in [0.1, 0.15) is 18.3 Å². The lowest BCUT2D eigenvalue weighted by Crippen LogP contribution is -2.62. The number of aliphatic hydroxyl groups excluding tert-OH is 4. The smallest absolute Gasteiger partial charge is 0.186 e. The average Bonchev–Trinajstić information content (AvgIpc) is 2.67. The maximum Gasteiger partial charge on any atom is 0.186 e. The van der Waals surface area contributed by atoms with Crippen molar-refractivity contribution in [3.8, 4) is 0 Å². The predicted octanol–water partition coefficient (Wildman–Crippen LogP) is 3.16. The minimum Gasteiger partial charge on any atom is -0.392 e. The van der Waals surface area contributed by atoms with E-state index in [1.807, 2.05) is 6.08 Å². The molecule has 0 bridgehead atoms. The molecule has 0 aromatic rings. The Morgan fingerprint density at radius 2 is 1.77 bits per heavy atom. The molecule has 2 saturated carbocycles. The predicted molar refractivity (Wildman–Crippen MR) is 119 cm³/mol. The van der Waals surface area contributed by atoms with Crippen LogP contribution in [0.5, 0.6) is 0 Å². The van der Waals surface area contributed by atoms with Gasteiger partial charge in [0, 0.05) is 0 Å². The third-order valence-corrected chi connectivity index (χ3v) is 8.85. The number of allylic oxidation sites excluding steroid dienone is 1. The van der Waals surface area contributed by atoms with E-state index in [1.165, 1.54) is 18.4 Å². The first-order chi connectivity index (χ1) is 14.4. The second kappa shape index (κ2) is 9.40. The number of hydrogen-bond donors (Lipinski definition) is 4. The lowest BCUT2D eigenvalue weighted by atomic mass is 9.45. The Bertz CT molecular complexity index is 648. The molecule has 3 aliphatic rings. The summed E-state index contributed by atoms with van der Waals surface area (Å²) in [6.07, 6.45) is 4.65. The molecule has 4 N–H and O–H groups in total. The average molecular weight is 441 g/mol. The zero-order valence-corrected chi connectivity index (χ0v) is 20.0. The van der Waals surface area contributed by atoms with Crippen LogP contribution in [0.25, 0.3) is 0 Å². The van der Waals surface area contributed by atoms with E-state index in [1.54, 1.807) is 0 Å². The van der Waals surface area contributed by atoms with Gasteiger partial charge in [-0.2, -0.15) is 0 Å². The molecule has 180 valence electrons. The molecule has 6 nitrogen and oxygen atoms in total. The van der Waals surface area contributed by atoms with Crippen molar-refractivity contribution in [2.45, 2.75) is 110 Å². The van der Waals surface area contributed by atoms with Gasteiger partial charge in [-0.15, -0.1) is 0 Å². The first-order valence-electron chi connectivity index (χ1n) is 12.0. The standard InChI is InChI=1S/C25H44O6/c1-16(10-14-26)7-8-19-24(4)12-6-11-23(2,3)18(24)9-13-25(19,5)31-22-21(29)20(28)17(27)15-30-22/h10,17-22,26-29H,6-9,11-15H2,1-5H3/b16-10+/t17-,18+,19-,20-,21-,22+,24-,25-/m0/s1. The molecular formula is C25H44O6. The van der Waals surface area contributed by atoms with Gasteiger partial charge < -0.3 is 29.9 Å². The number of rotatable bonds is 6. The Kier molecular flexibility index (Phi) is 7.62. The highest BCUT2D eigenvalue weighted by atomic mass is 16.7. The fraction of sp³-hybridized carbons (Fsp3) is 0.920. The van der Waals surface area contributed by atoms with E-state index in [0.717, 1.165) is 32.1 Å². The Morgan fingerprint density at radius 3 is 2.45 bits per heavy atom. The molecule has 1 heterocycles. The highest BCUT2D eigenvalue weighted by Gasteiger charge is 2.59. The molecule has 0 amide bonds. The maximum absolute atomic E-state index is 10.5. The molecule has 0 unspecified atom stereocenters. The Labute approximate surface area is 187 Å². The zero-order chi connectivity index (χ0) is 23.0. The van der Waals surface area contributed by atoms with Crippen molar-refractivity contribution in [2.75, 3.05) is 13.2 Å². The molecule has 0 radical (unpaired) electrons. The minimum absolute atomic E-state index is 0.0467. The normalized spacial score (nSPS) is 45.9. The van der Waals surface area contributed by atoms with Crippen molar-refractivity contribution in [1.29, 1.82) is 0 Å². The minimum atomic E-state index is -1.27.